The minimum Gasteiger partial charge on any atom is -0.508 e. The van der Waals surface area contributed by atoms with Crippen molar-refractivity contribution in [1.82, 2.24) is 4.72 Å². The molecule has 2 aromatic rings. The molecule has 0 atom stereocenters. The quantitative estimate of drug-likeness (QED) is 0.855. The third kappa shape index (κ3) is 4.21. The number of nitrogens with one attached hydrogen (secondary N) is 1. The minimum atomic E-state index is -3.55. The molecule has 0 bridgehead atoms. The highest BCUT2D eigenvalue weighted by molar-refractivity contribution is 7.89. The minimum absolute atomic E-state index is 0.0344. The first-order valence-corrected chi connectivity index (χ1v) is 7.91. The highest BCUT2D eigenvalue weighted by atomic mass is 32.2. The van der Waals surface area contributed by atoms with E-state index < -0.39 is 10.0 Å². The van der Waals surface area contributed by atoms with E-state index in [2.05, 4.69) is 4.72 Å². The summed E-state index contributed by atoms with van der Waals surface area (Å²) in [6, 6.07) is 12.9. The molecular weight excluding hydrogens is 290 g/mol. The molecule has 2 aromatic carbocycles. The smallest absolute Gasteiger partial charge is 0.240 e. The lowest BCUT2D eigenvalue weighted by molar-refractivity contribution is 0.414. The molecule has 0 aromatic heterocycles. The summed E-state index contributed by atoms with van der Waals surface area (Å²) in [5.41, 5.74) is 1.02. The SMILES string of the molecule is COc1ccc(CCNS(=O)(=O)c2ccc(O)cc2)cc1. The molecule has 0 spiro atoms. The Labute approximate surface area is 124 Å². The number of sulfonamides is 1. The van der Waals surface area contributed by atoms with Crippen molar-refractivity contribution < 1.29 is 18.3 Å². The Morgan fingerprint density at radius 1 is 1.05 bits per heavy atom. The van der Waals surface area contributed by atoms with Gasteiger partial charge in [-0.3, -0.25) is 0 Å². The molecule has 2 rings (SSSR count). The van der Waals surface area contributed by atoms with Crippen molar-refractivity contribution in [3.05, 3.63) is 54.1 Å². The molecule has 6 heteroatoms. The van der Waals surface area contributed by atoms with Gasteiger partial charge in [-0.25, -0.2) is 13.1 Å². The maximum atomic E-state index is 12.0. The zero-order valence-electron chi connectivity index (χ0n) is 11.6. The Kier molecular flexibility index (Phi) is 4.82. The van der Waals surface area contributed by atoms with Gasteiger partial charge in [-0.15, -0.1) is 0 Å². The predicted molar refractivity (Wildman–Crippen MR) is 80.0 cm³/mol. The van der Waals surface area contributed by atoms with Crippen LogP contribution in [0.15, 0.2) is 53.4 Å². The van der Waals surface area contributed by atoms with E-state index in [1.807, 2.05) is 24.3 Å². The Morgan fingerprint density at radius 2 is 1.67 bits per heavy atom. The fourth-order valence-electron chi connectivity index (χ4n) is 1.83. The predicted octanol–water partition coefficient (Wildman–Crippen LogP) is 1.92. The fraction of sp³-hybridized carbons (Fsp3) is 0.200. The molecule has 0 amide bonds. The van der Waals surface area contributed by atoms with Crippen molar-refractivity contribution in [2.24, 2.45) is 0 Å². The van der Waals surface area contributed by atoms with Crippen LogP contribution in [0.4, 0.5) is 0 Å². The first kappa shape index (κ1) is 15.3. The van der Waals surface area contributed by atoms with Crippen LogP contribution in [0, 0.1) is 0 Å². The Morgan fingerprint density at radius 3 is 2.24 bits per heavy atom. The van der Waals surface area contributed by atoms with Gasteiger partial charge in [-0.05, 0) is 48.4 Å². The van der Waals surface area contributed by atoms with Crippen molar-refractivity contribution >= 4 is 10.0 Å². The van der Waals surface area contributed by atoms with Crippen LogP contribution in [-0.4, -0.2) is 27.2 Å². The summed E-state index contributed by atoms with van der Waals surface area (Å²) in [6.45, 7) is 0.301. The van der Waals surface area contributed by atoms with Crippen LogP contribution in [0.1, 0.15) is 5.56 Å². The number of methoxy groups -OCH3 is 1. The molecule has 0 saturated carbocycles. The van der Waals surface area contributed by atoms with Crippen LogP contribution >= 0.6 is 0 Å². The number of ether oxygens (including phenoxy) is 1. The van der Waals surface area contributed by atoms with Crippen LogP contribution in [0.3, 0.4) is 0 Å². The molecule has 0 aliphatic heterocycles. The monoisotopic (exact) mass is 307 g/mol. The van der Waals surface area contributed by atoms with Crippen LogP contribution < -0.4 is 9.46 Å². The molecule has 0 aliphatic rings. The van der Waals surface area contributed by atoms with E-state index in [-0.39, 0.29) is 10.6 Å². The van der Waals surface area contributed by atoms with Crippen LogP contribution in [0.25, 0.3) is 0 Å². The number of rotatable bonds is 6. The summed E-state index contributed by atoms with van der Waals surface area (Å²) < 4.78 is 31.6. The third-order valence-corrected chi connectivity index (χ3v) is 4.49. The summed E-state index contributed by atoms with van der Waals surface area (Å²) in [5, 5.41) is 9.16. The summed E-state index contributed by atoms with van der Waals surface area (Å²) in [4.78, 5) is 0.134. The second-order valence-electron chi connectivity index (χ2n) is 4.49. The topological polar surface area (TPSA) is 75.6 Å². The van der Waals surface area contributed by atoms with Crippen molar-refractivity contribution in [3.8, 4) is 11.5 Å². The van der Waals surface area contributed by atoms with Crippen molar-refractivity contribution in [2.75, 3.05) is 13.7 Å². The first-order valence-electron chi connectivity index (χ1n) is 6.43. The van der Waals surface area contributed by atoms with Crippen molar-refractivity contribution in [1.29, 1.82) is 0 Å². The number of aromatic hydroxyl groups is 1. The van der Waals surface area contributed by atoms with Gasteiger partial charge in [0.05, 0.1) is 12.0 Å². The van der Waals surface area contributed by atoms with Gasteiger partial charge in [-0.1, -0.05) is 12.1 Å². The number of hydrogen-bond acceptors (Lipinski definition) is 4. The van der Waals surface area contributed by atoms with Gasteiger partial charge in [0.15, 0.2) is 0 Å². The zero-order chi connectivity index (χ0) is 15.3. The second kappa shape index (κ2) is 6.60. The lowest BCUT2D eigenvalue weighted by Crippen LogP contribution is -2.25. The Hall–Kier alpha value is -2.05. The number of hydrogen-bond donors (Lipinski definition) is 2. The van der Waals surface area contributed by atoms with E-state index in [1.54, 1.807) is 7.11 Å². The fourth-order valence-corrected chi connectivity index (χ4v) is 2.86. The molecule has 0 heterocycles. The second-order valence-corrected chi connectivity index (χ2v) is 6.26. The van der Waals surface area contributed by atoms with Crippen molar-refractivity contribution in [2.45, 2.75) is 11.3 Å². The van der Waals surface area contributed by atoms with E-state index in [0.29, 0.717) is 13.0 Å². The summed E-state index contributed by atoms with van der Waals surface area (Å²) >= 11 is 0. The molecule has 0 saturated heterocycles. The molecule has 0 fully saturated rings. The lowest BCUT2D eigenvalue weighted by atomic mass is 10.1. The molecule has 5 nitrogen and oxygen atoms in total. The summed E-state index contributed by atoms with van der Waals surface area (Å²) in [6.07, 6.45) is 0.585. The Balaban J connectivity index is 1.93. The summed E-state index contributed by atoms with van der Waals surface area (Å²) in [5.74, 6) is 0.801. The standard InChI is InChI=1S/C15H17NO4S/c1-20-14-6-2-12(3-7-14)10-11-16-21(18,19)15-8-4-13(17)5-9-15/h2-9,16-17H,10-11H2,1H3. The highest BCUT2D eigenvalue weighted by Gasteiger charge is 2.12. The van der Waals surface area contributed by atoms with Crippen LogP contribution in [0.2, 0.25) is 0 Å². The maximum Gasteiger partial charge on any atom is 0.240 e. The first-order chi connectivity index (χ1) is 10.0. The van der Waals surface area contributed by atoms with Gasteiger partial charge < -0.3 is 9.84 Å². The third-order valence-electron chi connectivity index (χ3n) is 3.01. The van der Waals surface area contributed by atoms with Gasteiger partial charge in [-0.2, -0.15) is 0 Å². The molecule has 2 N–H and O–H groups in total. The van der Waals surface area contributed by atoms with Crippen LogP contribution in [-0.2, 0) is 16.4 Å². The average molecular weight is 307 g/mol. The molecule has 0 radical (unpaired) electrons. The highest BCUT2D eigenvalue weighted by Crippen LogP contribution is 2.14. The molecule has 21 heavy (non-hydrogen) atoms. The number of phenols is 1. The van der Waals surface area contributed by atoms with E-state index in [0.717, 1.165) is 11.3 Å². The lowest BCUT2D eigenvalue weighted by Gasteiger charge is -2.07. The molecular formula is C15H17NO4S. The zero-order valence-corrected chi connectivity index (χ0v) is 12.4. The van der Waals surface area contributed by atoms with E-state index in [1.165, 1.54) is 24.3 Å². The van der Waals surface area contributed by atoms with Gasteiger partial charge >= 0.3 is 0 Å². The van der Waals surface area contributed by atoms with Gasteiger partial charge in [0, 0.05) is 6.54 Å². The van der Waals surface area contributed by atoms with E-state index in [9.17, 15) is 8.42 Å². The van der Waals surface area contributed by atoms with Gasteiger partial charge in [0.2, 0.25) is 10.0 Å². The van der Waals surface area contributed by atoms with Crippen LogP contribution in [0.5, 0.6) is 11.5 Å². The molecule has 112 valence electrons. The number of benzene rings is 2. The Bertz CT molecular complexity index is 679. The van der Waals surface area contributed by atoms with E-state index in [4.69, 9.17) is 9.84 Å². The summed E-state index contributed by atoms with van der Waals surface area (Å²) in [7, 11) is -1.95. The van der Waals surface area contributed by atoms with Crippen molar-refractivity contribution in [3.63, 3.8) is 0 Å². The molecule has 0 unspecified atom stereocenters. The number of phenolic OH excluding ortho intramolecular Hbond substituents is 1. The van der Waals surface area contributed by atoms with Gasteiger partial charge in [0.1, 0.15) is 11.5 Å². The van der Waals surface area contributed by atoms with Gasteiger partial charge in [0.25, 0.3) is 0 Å². The molecule has 0 aliphatic carbocycles. The van der Waals surface area contributed by atoms with E-state index >= 15 is 0 Å². The average Bonchev–Trinajstić information content (AvgIpc) is 2.48. The normalized spacial score (nSPS) is 11.3. The largest absolute Gasteiger partial charge is 0.508 e. The maximum absolute atomic E-state index is 12.0.